The monoisotopic (exact) mass is 548 g/mol. The van der Waals surface area contributed by atoms with Gasteiger partial charge in [0.05, 0.1) is 13.2 Å². The Morgan fingerprint density at radius 3 is 1.95 bits per heavy atom. The maximum Gasteiger partial charge on any atom is 0.319 e. The van der Waals surface area contributed by atoms with Gasteiger partial charge in [0.15, 0.2) is 5.16 Å². The zero-order chi connectivity index (χ0) is 27.3. The third kappa shape index (κ3) is 15.1. The molecule has 0 amide bonds. The Morgan fingerprint density at radius 1 is 0.811 bits per heavy atom. The molecular formula is C29H44N2O4S2. The molecule has 0 bridgehead atoms. The van der Waals surface area contributed by atoms with Crippen LogP contribution in [0.25, 0.3) is 11.1 Å². The molecule has 0 radical (unpaired) electrons. The first kappa shape index (κ1) is 33.0. The summed E-state index contributed by atoms with van der Waals surface area (Å²) in [5, 5.41) is 0.631. The predicted octanol–water partition coefficient (Wildman–Crippen LogP) is 7.99. The van der Waals surface area contributed by atoms with Gasteiger partial charge in [-0.15, -0.1) is 11.8 Å². The van der Waals surface area contributed by atoms with Crippen LogP contribution in [0.15, 0.2) is 46.7 Å². The van der Waals surface area contributed by atoms with E-state index in [4.69, 9.17) is 4.74 Å². The van der Waals surface area contributed by atoms with Crippen LogP contribution in [-0.4, -0.2) is 46.1 Å². The third-order valence-electron chi connectivity index (χ3n) is 5.32. The van der Waals surface area contributed by atoms with Crippen molar-refractivity contribution in [2.45, 2.75) is 101 Å². The number of ether oxygens (including phenoxy) is 2. The summed E-state index contributed by atoms with van der Waals surface area (Å²) in [6.45, 7) is 10.4. The van der Waals surface area contributed by atoms with Crippen molar-refractivity contribution in [3.63, 3.8) is 0 Å². The minimum absolute atomic E-state index is 0.123. The average molecular weight is 549 g/mol. The van der Waals surface area contributed by atoms with Crippen molar-refractivity contribution in [1.82, 2.24) is 9.97 Å². The summed E-state index contributed by atoms with van der Waals surface area (Å²) in [6, 6.07) is 8.15. The number of nitrogens with zero attached hydrogens (tertiary/aromatic N) is 2. The third-order valence-corrected chi connectivity index (χ3v) is 7.37. The molecule has 2 rings (SSSR count). The van der Waals surface area contributed by atoms with Gasteiger partial charge in [-0.1, -0.05) is 76.3 Å². The molecule has 0 aliphatic heterocycles. The number of benzene rings is 1. The van der Waals surface area contributed by atoms with Crippen LogP contribution in [0, 0.1) is 0 Å². The van der Waals surface area contributed by atoms with E-state index in [-0.39, 0.29) is 17.2 Å². The Morgan fingerprint density at radius 2 is 1.41 bits per heavy atom. The van der Waals surface area contributed by atoms with E-state index in [1.54, 1.807) is 25.6 Å². The number of carbonyl (C=O) groups is 2. The lowest BCUT2D eigenvalue weighted by Gasteiger charge is -2.10. The van der Waals surface area contributed by atoms with Gasteiger partial charge < -0.3 is 9.47 Å². The predicted molar refractivity (Wildman–Crippen MR) is 155 cm³/mol. The van der Waals surface area contributed by atoms with Crippen LogP contribution in [0.5, 0.6) is 0 Å². The number of hydrogen-bond acceptors (Lipinski definition) is 8. The highest BCUT2D eigenvalue weighted by molar-refractivity contribution is 8.00. The molecule has 37 heavy (non-hydrogen) atoms. The van der Waals surface area contributed by atoms with E-state index in [0.29, 0.717) is 19.6 Å². The smallest absolute Gasteiger partial charge is 0.319 e. The largest absolute Gasteiger partial charge is 0.466 e. The average Bonchev–Trinajstić information content (AvgIpc) is 2.91. The van der Waals surface area contributed by atoms with Crippen LogP contribution in [0.1, 0.15) is 86.0 Å². The maximum absolute atomic E-state index is 11.8. The van der Waals surface area contributed by atoms with E-state index < -0.39 is 0 Å². The van der Waals surface area contributed by atoms with E-state index in [0.717, 1.165) is 26.9 Å². The Balaban J connectivity index is 0.000000856. The molecule has 1 aromatic carbocycles. The highest BCUT2D eigenvalue weighted by atomic mass is 32.2. The molecule has 8 heteroatoms. The van der Waals surface area contributed by atoms with Crippen LogP contribution < -0.4 is 0 Å². The number of esters is 2. The highest BCUT2D eigenvalue weighted by Gasteiger charge is 2.15. The van der Waals surface area contributed by atoms with Gasteiger partial charge >= 0.3 is 11.9 Å². The molecule has 0 spiro atoms. The molecule has 1 atom stereocenters. The standard InChI is InChI=1S/C24H34N2O2S2.C5H10O2/c1-4-6-7-8-9-10-11-16-29-24-25-17-21(18-26-24)20-12-14-22(15-13-20)30-19(3)23(27)28-5-2;1-3-5(6)7-4-2/h12-15,17-19H,4-11,16H2,1-3H3;3-4H2,1-2H3/t19-;/m1./s1. The van der Waals surface area contributed by atoms with Gasteiger partial charge in [-0.2, -0.15) is 0 Å². The Hall–Kier alpha value is -2.06. The molecule has 2 aromatic rings. The summed E-state index contributed by atoms with van der Waals surface area (Å²) in [6.07, 6.45) is 13.5. The zero-order valence-electron chi connectivity index (χ0n) is 23.2. The van der Waals surface area contributed by atoms with Gasteiger partial charge in [-0.25, -0.2) is 9.97 Å². The molecule has 0 N–H and O–H groups in total. The molecule has 1 aromatic heterocycles. The van der Waals surface area contributed by atoms with Gasteiger partial charge in [-0.3, -0.25) is 9.59 Å². The maximum atomic E-state index is 11.8. The second-order valence-electron chi connectivity index (χ2n) is 8.42. The van der Waals surface area contributed by atoms with Gasteiger partial charge in [0.25, 0.3) is 0 Å². The molecule has 206 valence electrons. The van der Waals surface area contributed by atoms with Crippen molar-refractivity contribution in [2.75, 3.05) is 19.0 Å². The Labute approximate surface area is 232 Å². The molecule has 0 unspecified atom stereocenters. The summed E-state index contributed by atoms with van der Waals surface area (Å²) in [5.41, 5.74) is 2.08. The SMILES string of the molecule is CCCCCCCCCSc1ncc(-c2ccc(S[C@H](C)C(=O)OCC)cc2)cn1.CCOC(=O)CC. The van der Waals surface area contributed by atoms with Crippen LogP contribution in [-0.2, 0) is 19.1 Å². The van der Waals surface area contributed by atoms with Crippen molar-refractivity contribution in [1.29, 1.82) is 0 Å². The number of carbonyl (C=O) groups excluding carboxylic acids is 2. The zero-order valence-corrected chi connectivity index (χ0v) is 24.8. The van der Waals surface area contributed by atoms with Crippen molar-refractivity contribution in [2.24, 2.45) is 0 Å². The molecule has 0 saturated heterocycles. The molecule has 0 fully saturated rings. The van der Waals surface area contributed by atoms with Crippen molar-refractivity contribution >= 4 is 35.5 Å². The van der Waals surface area contributed by atoms with Crippen LogP contribution in [0.2, 0.25) is 0 Å². The molecular weight excluding hydrogens is 504 g/mol. The van der Waals surface area contributed by atoms with Crippen molar-refractivity contribution in [3.05, 3.63) is 36.7 Å². The van der Waals surface area contributed by atoms with Crippen molar-refractivity contribution < 1.29 is 19.1 Å². The van der Waals surface area contributed by atoms with Crippen LogP contribution in [0.3, 0.4) is 0 Å². The molecule has 0 saturated carbocycles. The first-order valence-electron chi connectivity index (χ1n) is 13.5. The van der Waals surface area contributed by atoms with E-state index >= 15 is 0 Å². The number of rotatable bonds is 16. The fourth-order valence-corrected chi connectivity index (χ4v) is 4.91. The quantitative estimate of drug-likeness (QED) is 0.0904. The van der Waals surface area contributed by atoms with Gasteiger partial charge in [0.1, 0.15) is 5.25 Å². The van der Waals surface area contributed by atoms with E-state index in [9.17, 15) is 9.59 Å². The van der Waals surface area contributed by atoms with Crippen LogP contribution in [0.4, 0.5) is 0 Å². The van der Waals surface area contributed by atoms with Gasteiger partial charge in [0, 0.05) is 35.0 Å². The number of aromatic nitrogens is 2. The normalized spacial score (nSPS) is 11.3. The lowest BCUT2D eigenvalue weighted by atomic mass is 10.1. The summed E-state index contributed by atoms with van der Waals surface area (Å²) in [4.78, 5) is 32.0. The van der Waals surface area contributed by atoms with Gasteiger partial charge in [-0.05, 0) is 44.9 Å². The fraction of sp³-hybridized carbons (Fsp3) is 0.586. The Bertz CT molecular complexity index is 876. The summed E-state index contributed by atoms with van der Waals surface area (Å²) in [5.74, 6) is 0.782. The number of unbranched alkanes of at least 4 members (excludes halogenated alkanes) is 6. The molecule has 0 aliphatic rings. The molecule has 1 heterocycles. The fourth-order valence-electron chi connectivity index (χ4n) is 3.26. The Kier molecular flexibility index (Phi) is 18.7. The van der Waals surface area contributed by atoms with E-state index in [1.807, 2.05) is 50.5 Å². The van der Waals surface area contributed by atoms with Gasteiger partial charge in [0.2, 0.25) is 0 Å². The second-order valence-corrected chi connectivity index (χ2v) is 10.9. The first-order valence-corrected chi connectivity index (χ1v) is 15.4. The molecule has 6 nitrogen and oxygen atoms in total. The van der Waals surface area contributed by atoms with Crippen LogP contribution >= 0.6 is 23.5 Å². The lowest BCUT2D eigenvalue weighted by molar-refractivity contribution is -0.143. The second kappa shape index (κ2) is 20.9. The van der Waals surface area contributed by atoms with Crippen molar-refractivity contribution in [3.8, 4) is 11.1 Å². The van der Waals surface area contributed by atoms with E-state index in [1.165, 1.54) is 56.7 Å². The molecule has 0 aliphatic carbocycles. The number of thioether (sulfide) groups is 2. The van der Waals surface area contributed by atoms with E-state index in [2.05, 4.69) is 21.6 Å². The number of hydrogen-bond donors (Lipinski definition) is 0. The minimum Gasteiger partial charge on any atom is -0.466 e. The minimum atomic E-state index is -0.216. The lowest BCUT2D eigenvalue weighted by Crippen LogP contribution is -2.16. The summed E-state index contributed by atoms with van der Waals surface area (Å²) >= 11 is 3.25. The summed E-state index contributed by atoms with van der Waals surface area (Å²) < 4.78 is 9.62. The summed E-state index contributed by atoms with van der Waals surface area (Å²) in [7, 11) is 0. The topological polar surface area (TPSA) is 78.4 Å². The first-order chi connectivity index (χ1) is 17.9. The highest BCUT2D eigenvalue weighted by Crippen LogP contribution is 2.27.